The van der Waals surface area contributed by atoms with E-state index in [0.717, 1.165) is 21.3 Å². The first kappa shape index (κ1) is 28.0. The van der Waals surface area contributed by atoms with E-state index in [2.05, 4.69) is 19.9 Å². The van der Waals surface area contributed by atoms with Crippen LogP contribution in [0.3, 0.4) is 0 Å². The van der Waals surface area contributed by atoms with Crippen molar-refractivity contribution in [1.29, 1.82) is 0 Å². The molecule has 2 aromatic carbocycles. The summed E-state index contributed by atoms with van der Waals surface area (Å²) >= 11 is 6.09. The lowest BCUT2D eigenvalue weighted by atomic mass is 9.94. The van der Waals surface area contributed by atoms with Crippen molar-refractivity contribution in [3.8, 4) is 29.3 Å². The normalized spacial score (nSPS) is 14.0. The predicted octanol–water partition coefficient (Wildman–Crippen LogP) is 7.49. The molecule has 0 amide bonds. The van der Waals surface area contributed by atoms with E-state index in [-0.39, 0.29) is 17.3 Å². The van der Waals surface area contributed by atoms with E-state index in [4.69, 9.17) is 25.8 Å². The van der Waals surface area contributed by atoms with Gasteiger partial charge in [-0.2, -0.15) is 9.97 Å². The number of hydrogen-bond acceptors (Lipinski definition) is 7. The van der Waals surface area contributed by atoms with E-state index < -0.39 is 7.40 Å². The summed E-state index contributed by atoms with van der Waals surface area (Å²) in [6.45, 7) is 7.28. The molecule has 0 fully saturated rings. The molecule has 1 aliphatic rings. The van der Waals surface area contributed by atoms with Crippen molar-refractivity contribution in [1.82, 2.24) is 19.4 Å². The van der Waals surface area contributed by atoms with Crippen LogP contribution in [0.4, 0.5) is 8.63 Å². The Kier molecular flexibility index (Phi) is 7.89. The summed E-state index contributed by atoms with van der Waals surface area (Å²) in [7, 11) is -1.14. The molecule has 8 nitrogen and oxygen atoms in total. The van der Waals surface area contributed by atoms with Gasteiger partial charge in [0, 0.05) is 22.7 Å². The molecule has 0 radical (unpaired) electrons. The maximum Gasteiger partial charge on any atom is 0.677 e. The number of aryl methyl sites for hydroxylation is 2. The average Bonchev–Trinajstić information content (AvgIpc) is 3.41. The zero-order valence-electron chi connectivity index (χ0n) is 22.9. The standard InChI is InChI=1S/C29H25BClF2N5O3/c1-16-14-18(3)34-25(16)24(26-17(2)15-19(4)38(26)30(32)33)20-6-8-22(9-7-20)40-28-35-27(31)36-29(37-28)41-23-12-10-21(39-5)11-13-23/h6-15H,1-5H3/b25-24-. The van der Waals surface area contributed by atoms with Crippen molar-refractivity contribution in [2.45, 2.75) is 27.7 Å². The summed E-state index contributed by atoms with van der Waals surface area (Å²) < 4.78 is 46.1. The van der Waals surface area contributed by atoms with Gasteiger partial charge in [0.05, 0.1) is 12.8 Å². The minimum absolute atomic E-state index is 0.0517. The lowest BCUT2D eigenvalue weighted by Crippen LogP contribution is -2.18. The molecule has 208 valence electrons. The molecular weight excluding hydrogens is 551 g/mol. The van der Waals surface area contributed by atoms with Crippen LogP contribution in [-0.2, 0) is 0 Å². The molecule has 5 rings (SSSR count). The fourth-order valence-corrected chi connectivity index (χ4v) is 4.80. The molecule has 0 aliphatic carbocycles. The van der Waals surface area contributed by atoms with Gasteiger partial charge in [0.15, 0.2) is 0 Å². The molecule has 0 saturated heterocycles. The Balaban J connectivity index is 1.47. The molecule has 0 bridgehead atoms. The van der Waals surface area contributed by atoms with Crippen LogP contribution in [0.15, 0.2) is 76.9 Å². The molecule has 0 unspecified atom stereocenters. The number of rotatable bonds is 8. The Morgan fingerprint density at radius 2 is 1.39 bits per heavy atom. The molecule has 1 aliphatic heterocycles. The minimum Gasteiger partial charge on any atom is -0.497 e. The number of methoxy groups -OCH3 is 1. The summed E-state index contributed by atoms with van der Waals surface area (Å²) in [5, 5.41) is -0.113. The smallest absolute Gasteiger partial charge is 0.497 e. The first-order chi connectivity index (χ1) is 19.6. The fraction of sp³-hybridized carbons (Fsp3) is 0.172. The quantitative estimate of drug-likeness (QED) is 0.202. The van der Waals surface area contributed by atoms with Crippen molar-refractivity contribution in [2.24, 2.45) is 4.99 Å². The molecule has 0 spiro atoms. The van der Waals surface area contributed by atoms with Gasteiger partial charge in [-0.3, -0.25) is 13.6 Å². The van der Waals surface area contributed by atoms with Gasteiger partial charge in [-0.25, -0.2) is 0 Å². The fourth-order valence-electron chi connectivity index (χ4n) is 4.65. The van der Waals surface area contributed by atoms with Crippen LogP contribution in [0.25, 0.3) is 5.57 Å². The van der Waals surface area contributed by atoms with Gasteiger partial charge < -0.3 is 18.7 Å². The van der Waals surface area contributed by atoms with E-state index in [9.17, 15) is 8.63 Å². The lowest BCUT2D eigenvalue weighted by Gasteiger charge is -2.17. The number of benzene rings is 2. The summed E-state index contributed by atoms with van der Waals surface area (Å²) in [6.07, 6.45) is 1.93. The molecule has 0 saturated carbocycles. The monoisotopic (exact) mass is 575 g/mol. The number of hydrogen-bond donors (Lipinski definition) is 0. The Bertz CT molecular complexity index is 1700. The molecule has 3 heterocycles. The van der Waals surface area contributed by atoms with Crippen molar-refractivity contribution in [3.63, 3.8) is 0 Å². The van der Waals surface area contributed by atoms with Crippen molar-refractivity contribution in [3.05, 3.63) is 99.7 Å². The molecule has 4 aromatic rings. The van der Waals surface area contributed by atoms with Gasteiger partial charge in [-0.1, -0.05) is 12.1 Å². The number of ether oxygens (including phenoxy) is 3. The highest BCUT2D eigenvalue weighted by molar-refractivity contribution is 6.41. The molecule has 2 aromatic heterocycles. The Hall–Kier alpha value is -4.51. The highest BCUT2D eigenvalue weighted by Gasteiger charge is 2.29. The second-order valence-corrected chi connectivity index (χ2v) is 9.68. The first-order valence-electron chi connectivity index (χ1n) is 12.6. The Morgan fingerprint density at radius 3 is 1.90 bits per heavy atom. The topological polar surface area (TPSA) is 83.6 Å². The van der Waals surface area contributed by atoms with Crippen LogP contribution >= 0.6 is 11.6 Å². The van der Waals surface area contributed by atoms with Crippen molar-refractivity contribution >= 4 is 30.3 Å². The molecule has 12 heteroatoms. The number of aliphatic imine (C=N–C) groups is 1. The molecular formula is C29H25BClF2N5O3. The van der Waals surface area contributed by atoms with Crippen LogP contribution in [0.2, 0.25) is 5.28 Å². The Morgan fingerprint density at radius 1 is 0.829 bits per heavy atom. The van der Waals surface area contributed by atoms with Crippen LogP contribution in [0.5, 0.6) is 29.3 Å². The first-order valence-corrected chi connectivity index (χ1v) is 13.0. The van der Waals surface area contributed by atoms with Gasteiger partial charge in [-0.05, 0) is 105 Å². The van der Waals surface area contributed by atoms with Gasteiger partial charge in [0.25, 0.3) is 0 Å². The maximum atomic E-state index is 14.2. The highest BCUT2D eigenvalue weighted by Crippen LogP contribution is 2.38. The van der Waals surface area contributed by atoms with Gasteiger partial charge in [0.2, 0.25) is 5.28 Å². The third-order valence-electron chi connectivity index (χ3n) is 6.36. The van der Waals surface area contributed by atoms with E-state index in [1.165, 1.54) is 0 Å². The second kappa shape index (κ2) is 11.5. The van der Waals surface area contributed by atoms with E-state index >= 15 is 0 Å². The largest absolute Gasteiger partial charge is 0.677 e. The molecule has 0 atom stereocenters. The average molecular weight is 576 g/mol. The van der Waals surface area contributed by atoms with Crippen LogP contribution in [0.1, 0.15) is 36.4 Å². The molecule has 0 N–H and O–H groups in total. The van der Waals surface area contributed by atoms with Gasteiger partial charge in [0.1, 0.15) is 17.2 Å². The summed E-state index contributed by atoms with van der Waals surface area (Å²) in [5.74, 6) is 1.54. The zero-order valence-corrected chi connectivity index (χ0v) is 23.7. The summed E-state index contributed by atoms with van der Waals surface area (Å²) in [5.41, 5.74) is 5.23. The third kappa shape index (κ3) is 6.00. The Labute approximate surface area is 241 Å². The number of aromatic nitrogens is 4. The van der Waals surface area contributed by atoms with E-state index in [1.54, 1.807) is 68.6 Å². The molecule has 41 heavy (non-hydrogen) atoms. The highest BCUT2D eigenvalue weighted by atomic mass is 35.5. The van der Waals surface area contributed by atoms with Crippen LogP contribution in [0, 0.1) is 13.8 Å². The predicted molar refractivity (Wildman–Crippen MR) is 155 cm³/mol. The maximum absolute atomic E-state index is 14.2. The van der Waals surface area contributed by atoms with Gasteiger partial charge >= 0.3 is 19.4 Å². The number of allylic oxidation sites excluding steroid dienone is 2. The number of halogens is 3. The van der Waals surface area contributed by atoms with Crippen molar-refractivity contribution < 1.29 is 22.8 Å². The minimum atomic E-state index is -2.71. The lowest BCUT2D eigenvalue weighted by molar-refractivity contribution is 0.394. The SMILES string of the molecule is COc1ccc(Oc2nc(Cl)nc(Oc3ccc(/C(=C4/N=C(C)C=C4C)c4c(C)cc(C)n4B(F)F)cc3)n2)cc1. The van der Waals surface area contributed by atoms with E-state index in [1.807, 2.05) is 26.8 Å². The van der Waals surface area contributed by atoms with Crippen molar-refractivity contribution in [2.75, 3.05) is 7.11 Å². The zero-order chi connectivity index (χ0) is 29.3. The van der Waals surface area contributed by atoms with Gasteiger partial charge in [-0.15, -0.1) is 4.98 Å². The van der Waals surface area contributed by atoms with Crippen LogP contribution < -0.4 is 14.2 Å². The summed E-state index contributed by atoms with van der Waals surface area (Å²) in [4.78, 5) is 16.9. The number of nitrogens with zero attached hydrogens (tertiary/aromatic N) is 5. The third-order valence-corrected chi connectivity index (χ3v) is 6.53. The summed E-state index contributed by atoms with van der Waals surface area (Å²) in [6, 6.07) is 15.4. The second-order valence-electron chi connectivity index (χ2n) is 9.34. The van der Waals surface area contributed by atoms with Crippen LogP contribution in [-0.4, -0.2) is 39.7 Å². The van der Waals surface area contributed by atoms with E-state index in [0.29, 0.717) is 45.5 Å².